The molecule has 1 heterocycles. The average molecular weight is 591 g/mol. The van der Waals surface area contributed by atoms with Gasteiger partial charge in [0, 0.05) is 41.7 Å². The molecule has 0 amide bonds. The maximum atomic E-state index is 4.69. The second kappa shape index (κ2) is 13.5. The average Bonchev–Trinajstić information content (AvgIpc) is 3.05. The fourth-order valence-corrected chi connectivity index (χ4v) is 5.00. The number of hydrogen-bond acceptors (Lipinski definition) is 8. The second-order valence-corrected chi connectivity index (χ2v) is 10.6. The lowest BCUT2D eigenvalue weighted by atomic mass is 10.1. The molecule has 8 nitrogen and oxygen atoms in total. The number of aliphatic imine (C=N–C) groups is 1. The van der Waals surface area contributed by atoms with Crippen molar-refractivity contribution < 1.29 is 0 Å². The first-order valence-corrected chi connectivity index (χ1v) is 14.7. The van der Waals surface area contributed by atoms with Crippen LogP contribution in [0.15, 0.2) is 132 Å². The Morgan fingerprint density at radius 3 is 1.62 bits per heavy atom. The van der Waals surface area contributed by atoms with Crippen molar-refractivity contribution in [1.29, 1.82) is 0 Å². The molecule has 0 radical (unpaired) electrons. The molecule has 0 saturated carbocycles. The van der Waals surface area contributed by atoms with E-state index in [1.807, 2.05) is 42.6 Å². The number of hydrogen-bond donors (Lipinski definition) is 3. The minimum absolute atomic E-state index is 0.428. The molecule has 0 bridgehead atoms. The van der Waals surface area contributed by atoms with Gasteiger partial charge in [0.25, 0.3) is 0 Å². The molecule has 0 atom stereocenters. The van der Waals surface area contributed by atoms with Gasteiger partial charge in [-0.25, -0.2) is 0 Å². The molecule has 0 unspecified atom stereocenters. The van der Waals surface area contributed by atoms with E-state index in [2.05, 4.69) is 141 Å². The summed E-state index contributed by atoms with van der Waals surface area (Å²) < 4.78 is 0. The summed E-state index contributed by atoms with van der Waals surface area (Å²) >= 11 is 0. The first kappa shape index (κ1) is 29.1. The molecular formula is C37H34N8. The van der Waals surface area contributed by atoms with Crippen LogP contribution in [0.2, 0.25) is 0 Å². The fraction of sp³-hybridized carbons (Fsp3) is 0.0811. The highest BCUT2D eigenvalue weighted by Crippen LogP contribution is 2.34. The zero-order valence-corrected chi connectivity index (χ0v) is 25.4. The van der Waals surface area contributed by atoms with Crippen LogP contribution >= 0.6 is 0 Å². The SMILES string of the molecule is CNc1nc(Nc2ccc(/N=C/c3ccc(N(c4ccccc4)c4ccccc4)cc3)cc2)nc(Nc2cc(C)cc(C)c2)n1. The number of benzene rings is 5. The summed E-state index contributed by atoms with van der Waals surface area (Å²) in [6, 6.07) is 43.2. The van der Waals surface area contributed by atoms with Gasteiger partial charge in [0.05, 0.1) is 5.69 Å². The van der Waals surface area contributed by atoms with Crippen molar-refractivity contribution in [2.45, 2.75) is 13.8 Å². The highest BCUT2D eigenvalue weighted by atomic mass is 15.3. The molecule has 45 heavy (non-hydrogen) atoms. The van der Waals surface area contributed by atoms with E-state index in [0.29, 0.717) is 17.8 Å². The van der Waals surface area contributed by atoms with Gasteiger partial charge in [0.15, 0.2) is 0 Å². The molecule has 5 aromatic carbocycles. The Labute approximate surface area is 263 Å². The molecule has 0 fully saturated rings. The molecule has 3 N–H and O–H groups in total. The molecule has 8 heteroatoms. The lowest BCUT2D eigenvalue weighted by molar-refractivity contribution is 1.06. The van der Waals surface area contributed by atoms with E-state index in [0.717, 1.165) is 50.8 Å². The normalized spacial score (nSPS) is 10.9. The number of aromatic nitrogens is 3. The van der Waals surface area contributed by atoms with E-state index >= 15 is 0 Å². The van der Waals surface area contributed by atoms with E-state index in [9.17, 15) is 0 Å². The van der Waals surface area contributed by atoms with Crippen LogP contribution in [0.25, 0.3) is 0 Å². The van der Waals surface area contributed by atoms with Gasteiger partial charge in [-0.1, -0.05) is 54.6 Å². The van der Waals surface area contributed by atoms with E-state index < -0.39 is 0 Å². The van der Waals surface area contributed by atoms with Crippen LogP contribution in [-0.4, -0.2) is 28.2 Å². The molecule has 0 aliphatic heterocycles. The van der Waals surface area contributed by atoms with Gasteiger partial charge in [-0.05, 0) is 103 Å². The molecule has 0 aliphatic carbocycles. The van der Waals surface area contributed by atoms with Crippen LogP contribution in [0.4, 0.5) is 52.0 Å². The fourth-order valence-electron chi connectivity index (χ4n) is 5.00. The van der Waals surface area contributed by atoms with Gasteiger partial charge in [0.2, 0.25) is 17.8 Å². The molecule has 1 aromatic heterocycles. The number of nitrogens with zero attached hydrogens (tertiary/aromatic N) is 5. The summed E-state index contributed by atoms with van der Waals surface area (Å²) in [5.41, 5.74) is 9.22. The zero-order chi connectivity index (χ0) is 31.0. The standard InChI is InChI=1S/C37H34N8/c1-26-22-27(2)24-31(23-26)41-37-43-35(38-3)42-36(44-37)40-30-18-16-29(17-19-30)39-25-28-14-20-34(21-15-28)45(32-10-6-4-7-11-32)33-12-8-5-9-13-33/h4-25H,1-3H3,(H3,38,40,41,42,43,44)/b39-25+. The van der Waals surface area contributed by atoms with Crippen molar-refractivity contribution in [1.82, 2.24) is 15.0 Å². The summed E-state index contributed by atoms with van der Waals surface area (Å²) in [7, 11) is 1.78. The number of para-hydroxylation sites is 2. The van der Waals surface area contributed by atoms with Crippen molar-refractivity contribution in [3.63, 3.8) is 0 Å². The molecule has 0 aliphatic rings. The Bertz CT molecular complexity index is 1830. The topological polar surface area (TPSA) is 90.4 Å². The molecular weight excluding hydrogens is 556 g/mol. The van der Waals surface area contributed by atoms with Gasteiger partial charge < -0.3 is 20.9 Å². The minimum atomic E-state index is 0.428. The maximum absolute atomic E-state index is 4.69. The summed E-state index contributed by atoms with van der Waals surface area (Å²) in [5, 5.41) is 9.57. The summed E-state index contributed by atoms with van der Waals surface area (Å²) in [6.07, 6.45) is 1.87. The van der Waals surface area contributed by atoms with Crippen molar-refractivity contribution in [2.24, 2.45) is 4.99 Å². The third-order valence-electron chi connectivity index (χ3n) is 7.00. The first-order valence-electron chi connectivity index (χ1n) is 14.7. The Kier molecular flexibility index (Phi) is 8.73. The van der Waals surface area contributed by atoms with Gasteiger partial charge in [-0.2, -0.15) is 15.0 Å². The molecule has 0 spiro atoms. The van der Waals surface area contributed by atoms with Crippen molar-refractivity contribution in [2.75, 3.05) is 27.9 Å². The first-order chi connectivity index (χ1) is 22.0. The van der Waals surface area contributed by atoms with Crippen LogP contribution in [0, 0.1) is 13.8 Å². The predicted octanol–water partition coefficient (Wildman–Crippen LogP) is 9.24. The Morgan fingerprint density at radius 2 is 1.07 bits per heavy atom. The molecule has 0 saturated heterocycles. The van der Waals surface area contributed by atoms with Crippen LogP contribution < -0.4 is 20.9 Å². The van der Waals surface area contributed by atoms with E-state index in [-0.39, 0.29) is 0 Å². The summed E-state index contributed by atoms with van der Waals surface area (Å²) in [5.74, 6) is 1.34. The quantitative estimate of drug-likeness (QED) is 0.137. The van der Waals surface area contributed by atoms with Crippen LogP contribution in [0.5, 0.6) is 0 Å². The zero-order valence-electron chi connectivity index (χ0n) is 25.4. The van der Waals surface area contributed by atoms with E-state index in [1.165, 1.54) is 0 Å². The Morgan fingerprint density at radius 1 is 0.556 bits per heavy atom. The van der Waals surface area contributed by atoms with E-state index in [4.69, 9.17) is 4.99 Å². The van der Waals surface area contributed by atoms with E-state index in [1.54, 1.807) is 7.05 Å². The van der Waals surface area contributed by atoms with Gasteiger partial charge >= 0.3 is 0 Å². The third kappa shape index (κ3) is 7.50. The third-order valence-corrected chi connectivity index (χ3v) is 7.00. The monoisotopic (exact) mass is 590 g/mol. The van der Waals surface area contributed by atoms with Crippen LogP contribution in [0.3, 0.4) is 0 Å². The van der Waals surface area contributed by atoms with Gasteiger partial charge in [0.1, 0.15) is 0 Å². The number of aryl methyl sites for hydroxylation is 2. The van der Waals surface area contributed by atoms with Gasteiger partial charge in [-0.15, -0.1) is 0 Å². The number of rotatable bonds is 10. The summed E-state index contributed by atoms with van der Waals surface area (Å²) in [6.45, 7) is 4.13. The van der Waals surface area contributed by atoms with Crippen LogP contribution in [0.1, 0.15) is 16.7 Å². The molecule has 6 rings (SSSR count). The predicted molar refractivity (Wildman–Crippen MR) is 187 cm³/mol. The minimum Gasteiger partial charge on any atom is -0.357 e. The highest BCUT2D eigenvalue weighted by Gasteiger charge is 2.11. The second-order valence-electron chi connectivity index (χ2n) is 10.6. The highest BCUT2D eigenvalue weighted by molar-refractivity contribution is 5.84. The van der Waals surface area contributed by atoms with Crippen molar-refractivity contribution in [3.05, 3.63) is 144 Å². The molecule has 222 valence electrons. The maximum Gasteiger partial charge on any atom is 0.233 e. The number of nitrogens with one attached hydrogen (secondary N) is 3. The Balaban J connectivity index is 1.14. The van der Waals surface area contributed by atoms with Crippen LogP contribution in [-0.2, 0) is 0 Å². The number of anilines is 8. The lowest BCUT2D eigenvalue weighted by Crippen LogP contribution is -2.09. The summed E-state index contributed by atoms with van der Waals surface area (Å²) in [4.78, 5) is 20.4. The molecule has 6 aromatic rings. The Hall–Kier alpha value is -6.02. The largest absolute Gasteiger partial charge is 0.357 e. The van der Waals surface area contributed by atoms with Crippen molar-refractivity contribution >= 4 is 58.2 Å². The van der Waals surface area contributed by atoms with Gasteiger partial charge in [-0.3, -0.25) is 4.99 Å². The lowest BCUT2D eigenvalue weighted by Gasteiger charge is -2.25. The smallest absolute Gasteiger partial charge is 0.233 e. The van der Waals surface area contributed by atoms with Crippen molar-refractivity contribution in [3.8, 4) is 0 Å².